The molecule has 1 aliphatic rings. The smallest absolute Gasteiger partial charge is 0.347 e. The minimum atomic E-state index is -0.405. The number of amides is 1. The fourth-order valence-electron chi connectivity index (χ4n) is 3.00. The number of rotatable bonds is 4. The lowest BCUT2D eigenvalue weighted by Gasteiger charge is -2.25. The molecule has 0 radical (unpaired) electrons. The van der Waals surface area contributed by atoms with Crippen LogP contribution in [0.25, 0.3) is 0 Å². The average Bonchev–Trinajstić information content (AvgIpc) is 3.07. The molecule has 1 atom stereocenters. The number of carbonyl (C=O) groups excluding carboxylic acids is 1. The summed E-state index contributed by atoms with van der Waals surface area (Å²) in [5.74, 6) is 0.718. The second-order valence-corrected chi connectivity index (χ2v) is 5.55. The SMILES string of the molecule is COc1cccc([C@H]2CCCN2C(=O)Cn2cccnc2=O)c1. The predicted octanol–water partition coefficient (Wildman–Crippen LogP) is 1.62. The fourth-order valence-corrected chi connectivity index (χ4v) is 3.00. The van der Waals surface area contributed by atoms with Gasteiger partial charge in [0.25, 0.3) is 0 Å². The Morgan fingerprint density at radius 3 is 3.04 bits per heavy atom. The van der Waals surface area contributed by atoms with Crippen molar-refractivity contribution in [2.75, 3.05) is 13.7 Å². The molecule has 0 unspecified atom stereocenters. The van der Waals surface area contributed by atoms with E-state index in [0.29, 0.717) is 6.54 Å². The number of hydrogen-bond acceptors (Lipinski definition) is 4. The first-order chi connectivity index (χ1) is 11.2. The molecule has 1 fully saturated rings. The van der Waals surface area contributed by atoms with Gasteiger partial charge < -0.3 is 9.64 Å². The molecule has 23 heavy (non-hydrogen) atoms. The Morgan fingerprint density at radius 1 is 1.39 bits per heavy atom. The number of likely N-dealkylation sites (tertiary alicyclic amines) is 1. The third-order valence-corrected chi connectivity index (χ3v) is 4.14. The molecule has 1 saturated heterocycles. The van der Waals surface area contributed by atoms with Crippen molar-refractivity contribution in [1.82, 2.24) is 14.5 Å². The van der Waals surface area contributed by atoms with Gasteiger partial charge in [0, 0.05) is 18.9 Å². The van der Waals surface area contributed by atoms with Gasteiger partial charge in [-0.3, -0.25) is 9.36 Å². The average molecular weight is 313 g/mol. The Morgan fingerprint density at radius 2 is 2.26 bits per heavy atom. The quantitative estimate of drug-likeness (QED) is 0.860. The number of ether oxygens (including phenoxy) is 1. The third kappa shape index (κ3) is 3.26. The van der Waals surface area contributed by atoms with Crippen LogP contribution in [0.4, 0.5) is 0 Å². The van der Waals surface area contributed by atoms with Crippen LogP contribution in [0.1, 0.15) is 24.4 Å². The van der Waals surface area contributed by atoms with Crippen LogP contribution in [-0.4, -0.2) is 34.0 Å². The van der Waals surface area contributed by atoms with Crippen LogP contribution >= 0.6 is 0 Å². The molecule has 120 valence electrons. The van der Waals surface area contributed by atoms with Crippen LogP contribution in [0.3, 0.4) is 0 Å². The molecule has 2 aromatic rings. The van der Waals surface area contributed by atoms with Gasteiger partial charge in [0.1, 0.15) is 12.3 Å². The van der Waals surface area contributed by atoms with Gasteiger partial charge in [0.15, 0.2) is 0 Å². The monoisotopic (exact) mass is 313 g/mol. The predicted molar refractivity (Wildman–Crippen MR) is 85.2 cm³/mol. The van der Waals surface area contributed by atoms with E-state index >= 15 is 0 Å². The van der Waals surface area contributed by atoms with E-state index in [2.05, 4.69) is 4.98 Å². The van der Waals surface area contributed by atoms with E-state index < -0.39 is 5.69 Å². The van der Waals surface area contributed by atoms with Gasteiger partial charge in [-0.1, -0.05) is 12.1 Å². The molecule has 0 saturated carbocycles. The highest BCUT2D eigenvalue weighted by Gasteiger charge is 2.30. The van der Waals surface area contributed by atoms with Gasteiger partial charge in [-0.25, -0.2) is 9.78 Å². The molecule has 1 aliphatic heterocycles. The largest absolute Gasteiger partial charge is 0.497 e. The lowest BCUT2D eigenvalue weighted by molar-refractivity contribution is -0.132. The van der Waals surface area contributed by atoms with E-state index in [1.807, 2.05) is 29.2 Å². The van der Waals surface area contributed by atoms with Crippen molar-refractivity contribution >= 4 is 5.91 Å². The number of nitrogens with zero attached hydrogens (tertiary/aromatic N) is 3. The van der Waals surface area contributed by atoms with Gasteiger partial charge >= 0.3 is 5.69 Å². The first-order valence-corrected chi connectivity index (χ1v) is 7.64. The van der Waals surface area contributed by atoms with Crippen molar-refractivity contribution in [2.24, 2.45) is 0 Å². The van der Waals surface area contributed by atoms with Crippen molar-refractivity contribution in [3.05, 3.63) is 58.8 Å². The van der Waals surface area contributed by atoms with Crippen LogP contribution < -0.4 is 10.4 Å². The minimum Gasteiger partial charge on any atom is -0.497 e. The molecular formula is C17H19N3O3. The van der Waals surface area contributed by atoms with E-state index in [9.17, 15) is 9.59 Å². The van der Waals surface area contributed by atoms with Crippen molar-refractivity contribution in [3.63, 3.8) is 0 Å². The fraction of sp³-hybridized carbons (Fsp3) is 0.353. The molecule has 1 amide bonds. The van der Waals surface area contributed by atoms with E-state index in [4.69, 9.17) is 4.74 Å². The Balaban J connectivity index is 1.79. The van der Waals surface area contributed by atoms with E-state index in [-0.39, 0.29) is 18.5 Å². The summed E-state index contributed by atoms with van der Waals surface area (Å²) in [7, 11) is 1.63. The molecule has 0 bridgehead atoms. The van der Waals surface area contributed by atoms with E-state index in [0.717, 1.165) is 24.2 Å². The lowest BCUT2D eigenvalue weighted by atomic mass is 10.0. The first-order valence-electron chi connectivity index (χ1n) is 7.64. The van der Waals surface area contributed by atoms with Gasteiger partial charge in [0.05, 0.1) is 13.2 Å². The molecule has 6 heteroatoms. The van der Waals surface area contributed by atoms with Crippen molar-refractivity contribution < 1.29 is 9.53 Å². The molecule has 3 rings (SSSR count). The summed E-state index contributed by atoms with van der Waals surface area (Å²) in [4.78, 5) is 29.8. The Kier molecular flexibility index (Phi) is 4.41. The molecular weight excluding hydrogens is 294 g/mol. The van der Waals surface area contributed by atoms with Gasteiger partial charge in [0.2, 0.25) is 5.91 Å². The molecule has 0 spiro atoms. The maximum absolute atomic E-state index is 12.6. The molecule has 1 aromatic carbocycles. The van der Waals surface area contributed by atoms with Crippen LogP contribution in [-0.2, 0) is 11.3 Å². The maximum Gasteiger partial charge on any atom is 0.347 e. The van der Waals surface area contributed by atoms with Gasteiger partial charge in [-0.2, -0.15) is 0 Å². The molecule has 6 nitrogen and oxygen atoms in total. The normalized spacial score (nSPS) is 17.3. The second kappa shape index (κ2) is 6.64. The number of carbonyl (C=O) groups is 1. The van der Waals surface area contributed by atoms with E-state index in [1.165, 1.54) is 10.8 Å². The summed E-state index contributed by atoms with van der Waals surface area (Å²) in [6.45, 7) is 0.725. The summed E-state index contributed by atoms with van der Waals surface area (Å²) in [6.07, 6.45) is 4.89. The topological polar surface area (TPSA) is 64.4 Å². The number of hydrogen-bond donors (Lipinski definition) is 0. The summed E-state index contributed by atoms with van der Waals surface area (Å²) >= 11 is 0. The zero-order valence-electron chi connectivity index (χ0n) is 13.0. The molecule has 1 aromatic heterocycles. The Bertz CT molecular complexity index is 756. The second-order valence-electron chi connectivity index (χ2n) is 5.55. The number of methoxy groups -OCH3 is 1. The highest BCUT2D eigenvalue weighted by Crippen LogP contribution is 2.33. The van der Waals surface area contributed by atoms with Crippen LogP contribution in [0.2, 0.25) is 0 Å². The highest BCUT2D eigenvalue weighted by atomic mass is 16.5. The molecule has 0 N–H and O–H groups in total. The van der Waals surface area contributed by atoms with E-state index in [1.54, 1.807) is 19.4 Å². The van der Waals surface area contributed by atoms with Crippen molar-refractivity contribution in [2.45, 2.75) is 25.4 Å². The van der Waals surface area contributed by atoms with Crippen molar-refractivity contribution in [1.29, 1.82) is 0 Å². The standard InChI is InChI=1S/C17H19N3O3/c1-23-14-6-2-5-13(11-14)15-7-3-10-20(15)16(21)12-19-9-4-8-18-17(19)22/h2,4-6,8-9,11,15H,3,7,10,12H2,1H3/t15-/m1/s1. The zero-order valence-corrected chi connectivity index (χ0v) is 13.0. The Hall–Kier alpha value is -2.63. The number of benzene rings is 1. The maximum atomic E-state index is 12.6. The number of aromatic nitrogens is 2. The van der Waals surface area contributed by atoms with Crippen molar-refractivity contribution in [3.8, 4) is 5.75 Å². The van der Waals surface area contributed by atoms with Crippen LogP contribution in [0, 0.1) is 0 Å². The van der Waals surface area contributed by atoms with Gasteiger partial charge in [-0.15, -0.1) is 0 Å². The first kappa shape index (κ1) is 15.3. The zero-order chi connectivity index (χ0) is 16.2. The third-order valence-electron chi connectivity index (χ3n) is 4.14. The molecule has 0 aliphatic carbocycles. The minimum absolute atomic E-state index is 0.0210. The summed E-state index contributed by atoms with van der Waals surface area (Å²) in [6, 6.07) is 9.48. The Labute approximate surface area is 134 Å². The highest BCUT2D eigenvalue weighted by molar-refractivity contribution is 5.77. The summed E-state index contributed by atoms with van der Waals surface area (Å²) in [5, 5.41) is 0. The van der Waals surface area contributed by atoms with Crippen LogP contribution in [0.15, 0.2) is 47.5 Å². The van der Waals surface area contributed by atoms with Gasteiger partial charge in [-0.05, 0) is 36.6 Å². The summed E-state index contributed by atoms with van der Waals surface area (Å²) in [5.41, 5.74) is 0.659. The summed E-state index contributed by atoms with van der Waals surface area (Å²) < 4.78 is 6.60. The lowest BCUT2D eigenvalue weighted by Crippen LogP contribution is -2.36. The van der Waals surface area contributed by atoms with Crippen LogP contribution in [0.5, 0.6) is 5.75 Å². The molecule has 2 heterocycles.